The van der Waals surface area contributed by atoms with Crippen molar-refractivity contribution in [3.05, 3.63) is 65.3 Å². The van der Waals surface area contributed by atoms with Gasteiger partial charge in [0.2, 0.25) is 5.91 Å². The fourth-order valence-corrected chi connectivity index (χ4v) is 2.73. The van der Waals surface area contributed by atoms with Crippen LogP contribution in [-0.2, 0) is 11.3 Å². The zero-order valence-corrected chi connectivity index (χ0v) is 13.3. The Bertz CT molecular complexity index is 899. The van der Waals surface area contributed by atoms with Crippen molar-refractivity contribution in [2.24, 2.45) is 0 Å². The van der Waals surface area contributed by atoms with Gasteiger partial charge < -0.3 is 9.88 Å². The van der Waals surface area contributed by atoms with Gasteiger partial charge in [-0.3, -0.25) is 9.59 Å². The number of ketones is 1. The fourth-order valence-electron chi connectivity index (χ4n) is 2.49. The molecule has 0 atom stereocenters. The third kappa shape index (κ3) is 3.27. The van der Waals surface area contributed by atoms with E-state index in [1.807, 2.05) is 35.0 Å². The van der Waals surface area contributed by atoms with Gasteiger partial charge in [0, 0.05) is 33.4 Å². The second kappa shape index (κ2) is 6.26. The molecule has 1 aromatic heterocycles. The molecule has 0 aliphatic carbocycles. The highest BCUT2D eigenvalue weighted by molar-refractivity contribution is 6.35. The van der Waals surface area contributed by atoms with Crippen molar-refractivity contribution in [1.29, 1.82) is 0 Å². The van der Waals surface area contributed by atoms with Gasteiger partial charge in [0.05, 0.1) is 0 Å². The lowest BCUT2D eigenvalue weighted by Crippen LogP contribution is -2.18. The van der Waals surface area contributed by atoms with Gasteiger partial charge in [-0.2, -0.15) is 0 Å². The molecule has 1 heterocycles. The summed E-state index contributed by atoms with van der Waals surface area (Å²) in [6, 6.07) is 14.4. The number of Topliss-reactive ketones (excluding diaryl/α,β-unsaturated/α-hetero) is 1. The quantitative estimate of drug-likeness (QED) is 0.733. The van der Waals surface area contributed by atoms with Crippen LogP contribution in [0.25, 0.3) is 10.9 Å². The maximum Gasteiger partial charge on any atom is 0.244 e. The zero-order chi connectivity index (χ0) is 16.4. The Morgan fingerprint density at radius 3 is 2.70 bits per heavy atom. The van der Waals surface area contributed by atoms with Crippen LogP contribution in [0.2, 0.25) is 5.02 Å². The number of anilines is 1. The monoisotopic (exact) mass is 326 g/mol. The first-order chi connectivity index (χ1) is 11.0. The fraction of sp³-hybridized carbons (Fsp3) is 0.111. The predicted molar refractivity (Wildman–Crippen MR) is 92.0 cm³/mol. The smallest absolute Gasteiger partial charge is 0.244 e. The molecule has 5 heteroatoms. The van der Waals surface area contributed by atoms with E-state index in [-0.39, 0.29) is 18.2 Å². The molecule has 0 saturated carbocycles. The van der Waals surface area contributed by atoms with Gasteiger partial charge in [-0.05, 0) is 37.3 Å². The Kier molecular flexibility index (Phi) is 4.17. The molecule has 116 valence electrons. The van der Waals surface area contributed by atoms with E-state index in [0.29, 0.717) is 16.3 Å². The number of aromatic nitrogens is 1. The van der Waals surface area contributed by atoms with Crippen molar-refractivity contribution in [2.75, 3.05) is 5.32 Å². The number of hydrogen-bond acceptors (Lipinski definition) is 2. The van der Waals surface area contributed by atoms with Crippen LogP contribution in [0, 0.1) is 0 Å². The Labute approximate surface area is 138 Å². The Hall–Kier alpha value is -2.59. The number of carbonyl (C=O) groups excluding carboxylic acids is 2. The number of fused-ring (bicyclic) bond motifs is 1. The van der Waals surface area contributed by atoms with E-state index >= 15 is 0 Å². The molecule has 3 aromatic rings. The maximum absolute atomic E-state index is 12.2. The number of carbonyl (C=O) groups is 2. The van der Waals surface area contributed by atoms with Gasteiger partial charge in [-0.1, -0.05) is 29.8 Å². The second-order valence-corrected chi connectivity index (χ2v) is 5.71. The largest absolute Gasteiger partial charge is 0.338 e. The number of benzene rings is 2. The van der Waals surface area contributed by atoms with Crippen molar-refractivity contribution in [3.63, 3.8) is 0 Å². The highest BCUT2D eigenvalue weighted by Crippen LogP contribution is 2.24. The summed E-state index contributed by atoms with van der Waals surface area (Å²) in [7, 11) is 0. The number of nitrogens with zero attached hydrogens (tertiary/aromatic N) is 1. The summed E-state index contributed by atoms with van der Waals surface area (Å²) < 4.78 is 1.84. The first-order valence-electron chi connectivity index (χ1n) is 7.19. The molecule has 0 aliphatic heterocycles. The van der Waals surface area contributed by atoms with Crippen LogP contribution in [0.3, 0.4) is 0 Å². The lowest BCUT2D eigenvalue weighted by molar-refractivity contribution is -0.116. The lowest BCUT2D eigenvalue weighted by atomic mass is 10.1. The molecule has 1 N–H and O–H groups in total. The van der Waals surface area contributed by atoms with E-state index in [1.54, 1.807) is 24.3 Å². The third-order valence-electron chi connectivity index (χ3n) is 3.63. The highest BCUT2D eigenvalue weighted by Gasteiger charge is 2.09. The average molecular weight is 327 g/mol. The van der Waals surface area contributed by atoms with Crippen LogP contribution in [0.5, 0.6) is 0 Å². The Morgan fingerprint density at radius 2 is 1.91 bits per heavy atom. The van der Waals surface area contributed by atoms with Gasteiger partial charge in [0.25, 0.3) is 0 Å². The molecule has 0 bridgehead atoms. The van der Waals surface area contributed by atoms with Gasteiger partial charge in [0.1, 0.15) is 6.54 Å². The Balaban J connectivity index is 1.78. The summed E-state index contributed by atoms with van der Waals surface area (Å²) in [5.74, 6) is -0.199. The van der Waals surface area contributed by atoms with E-state index in [4.69, 9.17) is 11.6 Å². The summed E-state index contributed by atoms with van der Waals surface area (Å²) in [6.07, 6.45) is 1.84. The van der Waals surface area contributed by atoms with E-state index in [1.165, 1.54) is 6.92 Å². The number of amides is 1. The van der Waals surface area contributed by atoms with Crippen LogP contribution in [0.15, 0.2) is 54.7 Å². The number of rotatable bonds is 4. The van der Waals surface area contributed by atoms with E-state index in [9.17, 15) is 9.59 Å². The lowest BCUT2D eigenvalue weighted by Gasteiger charge is -2.08. The molecular weight excluding hydrogens is 312 g/mol. The minimum atomic E-state index is -0.164. The highest BCUT2D eigenvalue weighted by atomic mass is 35.5. The second-order valence-electron chi connectivity index (χ2n) is 5.30. The molecule has 0 unspecified atom stereocenters. The summed E-state index contributed by atoms with van der Waals surface area (Å²) >= 11 is 6.14. The summed E-state index contributed by atoms with van der Waals surface area (Å²) in [4.78, 5) is 23.6. The summed E-state index contributed by atoms with van der Waals surface area (Å²) in [5, 5.41) is 4.39. The maximum atomic E-state index is 12.2. The normalized spacial score (nSPS) is 10.7. The molecule has 0 fully saturated rings. The molecule has 23 heavy (non-hydrogen) atoms. The van der Waals surface area contributed by atoms with Crippen molar-refractivity contribution < 1.29 is 9.59 Å². The predicted octanol–water partition coefficient (Wildman–Crippen LogP) is 4.14. The van der Waals surface area contributed by atoms with Crippen molar-refractivity contribution in [3.8, 4) is 0 Å². The van der Waals surface area contributed by atoms with Crippen LogP contribution in [0.4, 0.5) is 5.69 Å². The number of hydrogen-bond donors (Lipinski definition) is 1. The molecule has 3 rings (SSSR count). The molecule has 0 radical (unpaired) electrons. The van der Waals surface area contributed by atoms with E-state index < -0.39 is 0 Å². The first-order valence-corrected chi connectivity index (χ1v) is 7.56. The first kappa shape index (κ1) is 15.3. The Morgan fingerprint density at radius 1 is 1.13 bits per heavy atom. The average Bonchev–Trinajstić information content (AvgIpc) is 2.92. The van der Waals surface area contributed by atoms with E-state index in [0.717, 1.165) is 10.9 Å². The van der Waals surface area contributed by atoms with Crippen molar-refractivity contribution >= 4 is 39.9 Å². The van der Waals surface area contributed by atoms with Crippen LogP contribution >= 0.6 is 11.6 Å². The molecule has 1 amide bonds. The minimum absolute atomic E-state index is 0.0351. The number of nitrogens with one attached hydrogen (secondary N) is 1. The topological polar surface area (TPSA) is 51.1 Å². The van der Waals surface area contributed by atoms with Crippen LogP contribution in [-0.4, -0.2) is 16.3 Å². The minimum Gasteiger partial charge on any atom is -0.338 e. The van der Waals surface area contributed by atoms with Crippen molar-refractivity contribution in [2.45, 2.75) is 13.5 Å². The van der Waals surface area contributed by atoms with Gasteiger partial charge in [0.15, 0.2) is 5.78 Å². The molecular formula is C18H15ClN2O2. The zero-order valence-electron chi connectivity index (χ0n) is 12.5. The molecule has 0 saturated heterocycles. The summed E-state index contributed by atoms with van der Waals surface area (Å²) in [5.41, 5.74) is 2.09. The molecule has 0 aliphatic rings. The number of halogens is 1. The summed E-state index contributed by atoms with van der Waals surface area (Å²) in [6.45, 7) is 1.67. The van der Waals surface area contributed by atoms with Crippen LogP contribution < -0.4 is 5.32 Å². The molecule has 2 aromatic carbocycles. The standard InChI is InChI=1S/C18H15ClN2O2/c1-12(22)13-4-2-5-14(10-13)20-18(23)11-21-9-8-15-16(19)6-3-7-17(15)21/h2-10H,11H2,1H3,(H,20,23). The van der Waals surface area contributed by atoms with Gasteiger partial charge in [-0.25, -0.2) is 0 Å². The van der Waals surface area contributed by atoms with Crippen LogP contribution in [0.1, 0.15) is 17.3 Å². The third-order valence-corrected chi connectivity index (χ3v) is 3.96. The van der Waals surface area contributed by atoms with Gasteiger partial charge in [-0.15, -0.1) is 0 Å². The molecule has 0 spiro atoms. The van der Waals surface area contributed by atoms with Gasteiger partial charge >= 0.3 is 0 Å². The SMILES string of the molecule is CC(=O)c1cccc(NC(=O)Cn2ccc3c(Cl)cccc32)c1. The van der Waals surface area contributed by atoms with Crippen molar-refractivity contribution in [1.82, 2.24) is 4.57 Å². The van der Waals surface area contributed by atoms with E-state index in [2.05, 4.69) is 5.32 Å². The molecule has 4 nitrogen and oxygen atoms in total.